The van der Waals surface area contributed by atoms with E-state index in [0.717, 1.165) is 36.0 Å². The molecular formula is C20H24BrN9O2. The molecule has 0 saturated carbocycles. The summed E-state index contributed by atoms with van der Waals surface area (Å²) >= 11 is 3.44. The molecule has 1 fully saturated rings. The number of aromatic nitrogens is 5. The van der Waals surface area contributed by atoms with Crippen LogP contribution < -0.4 is 11.2 Å². The highest BCUT2D eigenvalue weighted by molar-refractivity contribution is 9.10. The average molecular weight is 502 g/mol. The number of hydrogen-bond acceptors (Lipinski definition) is 9. The van der Waals surface area contributed by atoms with Crippen molar-refractivity contribution in [2.75, 3.05) is 18.8 Å². The lowest BCUT2D eigenvalue weighted by molar-refractivity contribution is 0.0946. The normalized spacial score (nSPS) is 15.8. The first-order valence-corrected chi connectivity index (χ1v) is 11.1. The topological polar surface area (TPSA) is 140 Å². The van der Waals surface area contributed by atoms with E-state index >= 15 is 0 Å². The van der Waals surface area contributed by atoms with E-state index in [4.69, 9.17) is 10.4 Å². The van der Waals surface area contributed by atoms with Crippen LogP contribution in [0.3, 0.4) is 0 Å². The van der Waals surface area contributed by atoms with Crippen molar-refractivity contribution in [2.45, 2.75) is 33.2 Å². The highest BCUT2D eigenvalue weighted by Crippen LogP contribution is 2.22. The Morgan fingerprint density at radius 1 is 1.34 bits per heavy atom. The molecule has 168 valence electrons. The van der Waals surface area contributed by atoms with E-state index in [0.29, 0.717) is 23.9 Å². The Balaban J connectivity index is 1.59. The second-order valence-corrected chi connectivity index (χ2v) is 8.79. The fourth-order valence-corrected chi connectivity index (χ4v) is 3.92. The standard InChI is InChI=1S/C20H24BrN9O2/c1-12-6-8-29(9-7-12)11-16-17(24-28-30(16)19-18(22)26-32-27-19)20(31)25-23-13(2)14-4-3-5-15(21)10-14/h3-5,10,12H,6-9,11H2,1-2H3,(H2,22,26)(H,25,31). The smallest absolute Gasteiger partial charge is 0.293 e. The van der Waals surface area contributed by atoms with Gasteiger partial charge in [0.15, 0.2) is 5.69 Å². The van der Waals surface area contributed by atoms with Gasteiger partial charge in [0.2, 0.25) is 11.6 Å². The molecule has 0 radical (unpaired) electrons. The predicted octanol–water partition coefficient (Wildman–Crippen LogP) is 2.38. The maximum Gasteiger partial charge on any atom is 0.293 e. The van der Waals surface area contributed by atoms with Gasteiger partial charge in [0, 0.05) is 11.0 Å². The second-order valence-electron chi connectivity index (χ2n) is 7.88. The van der Waals surface area contributed by atoms with Gasteiger partial charge in [0.05, 0.1) is 11.4 Å². The van der Waals surface area contributed by atoms with Gasteiger partial charge >= 0.3 is 0 Å². The minimum atomic E-state index is -0.471. The summed E-state index contributed by atoms with van der Waals surface area (Å²) in [6.45, 7) is 6.36. The van der Waals surface area contributed by atoms with Crippen LogP contribution in [0, 0.1) is 5.92 Å². The first-order valence-electron chi connectivity index (χ1n) is 10.3. The molecule has 1 amide bonds. The van der Waals surface area contributed by atoms with E-state index in [1.54, 1.807) is 0 Å². The molecule has 4 rings (SSSR count). The van der Waals surface area contributed by atoms with Gasteiger partial charge < -0.3 is 5.73 Å². The monoisotopic (exact) mass is 501 g/mol. The van der Waals surface area contributed by atoms with Gasteiger partial charge in [0.1, 0.15) is 0 Å². The molecule has 0 atom stereocenters. The second kappa shape index (κ2) is 9.57. The van der Waals surface area contributed by atoms with Crippen molar-refractivity contribution in [3.8, 4) is 5.82 Å². The molecule has 0 spiro atoms. The zero-order chi connectivity index (χ0) is 22.7. The number of nitrogens with zero attached hydrogens (tertiary/aromatic N) is 7. The zero-order valence-corrected chi connectivity index (χ0v) is 19.4. The minimum absolute atomic E-state index is 0.0684. The molecule has 0 bridgehead atoms. The summed E-state index contributed by atoms with van der Waals surface area (Å²) in [6, 6.07) is 7.66. The van der Waals surface area contributed by atoms with Crippen molar-refractivity contribution in [3.63, 3.8) is 0 Å². The Morgan fingerprint density at radius 2 is 2.12 bits per heavy atom. The number of anilines is 1. The summed E-state index contributed by atoms with van der Waals surface area (Å²) in [5.41, 5.74) is 10.7. The van der Waals surface area contributed by atoms with Gasteiger partial charge in [-0.2, -0.15) is 9.78 Å². The van der Waals surface area contributed by atoms with Crippen LogP contribution in [0.2, 0.25) is 0 Å². The largest absolute Gasteiger partial charge is 0.378 e. The summed E-state index contributed by atoms with van der Waals surface area (Å²) in [5, 5.41) is 19.8. The lowest BCUT2D eigenvalue weighted by atomic mass is 9.99. The van der Waals surface area contributed by atoms with E-state index in [1.165, 1.54) is 4.68 Å². The summed E-state index contributed by atoms with van der Waals surface area (Å²) in [6.07, 6.45) is 2.18. The number of piperidine rings is 1. The molecule has 3 heterocycles. The third-order valence-corrected chi connectivity index (χ3v) is 5.98. The SMILES string of the molecule is CC(=NNC(=O)c1nnn(-c2nonc2N)c1CN1CCC(C)CC1)c1cccc(Br)c1. The highest BCUT2D eigenvalue weighted by atomic mass is 79.9. The molecule has 1 aliphatic rings. The molecule has 0 unspecified atom stereocenters. The lowest BCUT2D eigenvalue weighted by Gasteiger charge is -2.30. The molecule has 3 N–H and O–H groups in total. The van der Waals surface area contributed by atoms with E-state index in [9.17, 15) is 4.79 Å². The molecule has 11 nitrogen and oxygen atoms in total. The number of amides is 1. The number of carbonyl (C=O) groups is 1. The van der Waals surface area contributed by atoms with Gasteiger partial charge in [-0.05, 0) is 66.8 Å². The van der Waals surface area contributed by atoms with Crippen LogP contribution in [-0.2, 0) is 6.54 Å². The molecule has 2 aromatic heterocycles. The summed E-state index contributed by atoms with van der Waals surface area (Å²) < 4.78 is 7.05. The number of hydrazone groups is 1. The molecule has 3 aromatic rings. The quantitative estimate of drug-likeness (QED) is 0.387. The maximum atomic E-state index is 13.0. The molecule has 1 saturated heterocycles. The van der Waals surface area contributed by atoms with Crippen LogP contribution in [0.1, 0.15) is 48.4 Å². The summed E-state index contributed by atoms with van der Waals surface area (Å²) in [5.74, 6) is 0.480. The van der Waals surface area contributed by atoms with Crippen LogP contribution in [0.5, 0.6) is 0 Å². The van der Waals surface area contributed by atoms with E-state index in [2.05, 4.69) is 58.9 Å². The van der Waals surface area contributed by atoms with E-state index < -0.39 is 5.91 Å². The van der Waals surface area contributed by atoms with Crippen LogP contribution >= 0.6 is 15.9 Å². The van der Waals surface area contributed by atoms with Crippen LogP contribution in [0.4, 0.5) is 5.82 Å². The fourth-order valence-electron chi connectivity index (χ4n) is 3.53. The van der Waals surface area contributed by atoms with Gasteiger partial charge in [-0.3, -0.25) is 9.69 Å². The number of rotatable bonds is 6. The summed E-state index contributed by atoms with van der Waals surface area (Å²) in [4.78, 5) is 15.2. The van der Waals surface area contributed by atoms with E-state index in [-0.39, 0.29) is 17.3 Å². The number of nitrogens with two attached hydrogens (primary N) is 1. The first-order chi connectivity index (χ1) is 15.4. The number of benzene rings is 1. The number of hydrogen-bond donors (Lipinski definition) is 2. The Labute approximate surface area is 193 Å². The van der Waals surface area contributed by atoms with Crippen LogP contribution in [0.15, 0.2) is 38.5 Å². The van der Waals surface area contributed by atoms with Gasteiger partial charge in [-0.15, -0.1) is 5.10 Å². The Kier molecular flexibility index (Phi) is 6.61. The summed E-state index contributed by atoms with van der Waals surface area (Å²) in [7, 11) is 0. The minimum Gasteiger partial charge on any atom is -0.378 e. The average Bonchev–Trinajstić information content (AvgIpc) is 3.39. The molecule has 12 heteroatoms. The third-order valence-electron chi connectivity index (χ3n) is 5.49. The number of halogens is 1. The number of nitrogen functional groups attached to an aromatic ring is 1. The number of carbonyl (C=O) groups excluding carboxylic acids is 1. The Morgan fingerprint density at radius 3 is 2.81 bits per heavy atom. The Hall–Kier alpha value is -3.12. The van der Waals surface area contributed by atoms with Crippen molar-refractivity contribution in [1.29, 1.82) is 0 Å². The third kappa shape index (κ3) is 4.86. The zero-order valence-electron chi connectivity index (χ0n) is 17.8. The lowest BCUT2D eigenvalue weighted by Crippen LogP contribution is -2.34. The Bertz CT molecular complexity index is 1130. The maximum absolute atomic E-state index is 13.0. The van der Waals surface area contributed by atoms with Crippen molar-refractivity contribution >= 4 is 33.4 Å². The van der Waals surface area contributed by atoms with Gasteiger partial charge in [0.25, 0.3) is 5.91 Å². The molecule has 32 heavy (non-hydrogen) atoms. The number of nitrogens with one attached hydrogen (secondary N) is 1. The fraction of sp³-hybridized carbons (Fsp3) is 0.400. The molecule has 1 aromatic carbocycles. The van der Waals surface area contributed by atoms with Gasteiger partial charge in [-0.1, -0.05) is 40.2 Å². The van der Waals surface area contributed by atoms with Crippen molar-refractivity contribution < 1.29 is 9.42 Å². The number of likely N-dealkylation sites (tertiary alicyclic amines) is 1. The molecule has 1 aliphatic heterocycles. The highest BCUT2D eigenvalue weighted by Gasteiger charge is 2.27. The molecular weight excluding hydrogens is 478 g/mol. The first kappa shape index (κ1) is 22.1. The predicted molar refractivity (Wildman–Crippen MR) is 121 cm³/mol. The van der Waals surface area contributed by atoms with Crippen molar-refractivity contribution in [1.82, 2.24) is 35.6 Å². The van der Waals surface area contributed by atoms with Crippen molar-refractivity contribution in [2.24, 2.45) is 11.0 Å². The van der Waals surface area contributed by atoms with Gasteiger partial charge in [-0.25, -0.2) is 10.1 Å². The molecule has 0 aliphatic carbocycles. The van der Waals surface area contributed by atoms with Crippen LogP contribution in [0.25, 0.3) is 5.82 Å². The van der Waals surface area contributed by atoms with Crippen LogP contribution in [-0.4, -0.2) is 54.9 Å². The van der Waals surface area contributed by atoms with E-state index in [1.807, 2.05) is 31.2 Å². The van der Waals surface area contributed by atoms with Crippen molar-refractivity contribution in [3.05, 3.63) is 45.7 Å².